The number of carbonyl (C=O) groups excluding carboxylic acids is 2. The van der Waals surface area contributed by atoms with Gasteiger partial charge in [0.05, 0.1) is 25.9 Å². The first-order valence-electron chi connectivity index (χ1n) is 9.71. The average Bonchev–Trinajstić information content (AvgIpc) is 2.75. The normalized spacial score (nSPS) is 15.4. The van der Waals surface area contributed by atoms with Gasteiger partial charge in [0.15, 0.2) is 6.10 Å². The molecule has 3 rings (SSSR count). The molecule has 154 valence electrons. The number of hydrogen-bond acceptors (Lipinski definition) is 5. The number of ether oxygens (including phenoxy) is 3. The second-order valence-corrected chi connectivity index (χ2v) is 7.00. The van der Waals surface area contributed by atoms with Crippen LogP contribution in [0.25, 0.3) is 0 Å². The van der Waals surface area contributed by atoms with E-state index in [0.717, 1.165) is 38.4 Å². The summed E-state index contributed by atoms with van der Waals surface area (Å²) in [6, 6.07) is 14.3. The Balaban J connectivity index is 1.52. The fourth-order valence-corrected chi connectivity index (χ4v) is 3.11. The van der Waals surface area contributed by atoms with E-state index in [1.807, 2.05) is 12.1 Å². The average molecular weight is 399 g/mol. The molecule has 1 fully saturated rings. The number of quaternary nitrogens is 1. The molecule has 29 heavy (non-hydrogen) atoms. The molecule has 0 spiro atoms. The van der Waals surface area contributed by atoms with Crippen molar-refractivity contribution in [3.63, 3.8) is 0 Å². The lowest BCUT2D eigenvalue weighted by molar-refractivity contribution is -0.921. The van der Waals surface area contributed by atoms with Crippen LogP contribution in [0.3, 0.4) is 0 Å². The largest absolute Gasteiger partial charge is 0.497 e. The lowest BCUT2D eigenvalue weighted by Crippen LogP contribution is -3.12. The minimum atomic E-state index is -0.925. The van der Waals surface area contributed by atoms with Gasteiger partial charge in [-0.25, -0.2) is 4.79 Å². The molecule has 1 saturated heterocycles. The van der Waals surface area contributed by atoms with Gasteiger partial charge < -0.3 is 24.4 Å². The van der Waals surface area contributed by atoms with Crippen molar-refractivity contribution in [2.75, 3.05) is 38.7 Å². The lowest BCUT2D eigenvalue weighted by atomic mass is 10.1. The topological polar surface area (TPSA) is 78.3 Å². The first-order valence-corrected chi connectivity index (χ1v) is 9.71. The van der Waals surface area contributed by atoms with Crippen molar-refractivity contribution < 1.29 is 28.7 Å². The minimum absolute atomic E-state index is 0.404. The monoisotopic (exact) mass is 399 g/mol. The molecule has 7 nitrogen and oxygen atoms in total. The molecule has 1 aliphatic rings. The summed E-state index contributed by atoms with van der Waals surface area (Å²) in [5, 5.41) is 2.72. The third kappa shape index (κ3) is 6.04. The number of amides is 1. The number of hydrogen-bond donors (Lipinski definition) is 2. The van der Waals surface area contributed by atoms with Crippen LogP contribution in [0.1, 0.15) is 22.8 Å². The fourth-order valence-electron chi connectivity index (χ4n) is 3.11. The number of morpholine rings is 1. The van der Waals surface area contributed by atoms with Gasteiger partial charge in [0.25, 0.3) is 5.91 Å². The quantitative estimate of drug-likeness (QED) is 0.686. The van der Waals surface area contributed by atoms with Gasteiger partial charge in [0, 0.05) is 17.3 Å². The predicted molar refractivity (Wildman–Crippen MR) is 108 cm³/mol. The van der Waals surface area contributed by atoms with Crippen LogP contribution >= 0.6 is 0 Å². The molecule has 0 aromatic heterocycles. The number of carbonyl (C=O) groups is 2. The van der Waals surface area contributed by atoms with Crippen molar-refractivity contribution in [1.82, 2.24) is 0 Å². The summed E-state index contributed by atoms with van der Waals surface area (Å²) in [7, 11) is 1.55. The minimum Gasteiger partial charge on any atom is -0.497 e. The van der Waals surface area contributed by atoms with Gasteiger partial charge in [-0.05, 0) is 31.2 Å². The molecule has 0 radical (unpaired) electrons. The lowest BCUT2D eigenvalue weighted by Gasteiger charge is -2.23. The maximum Gasteiger partial charge on any atom is 0.338 e. The molecule has 0 saturated carbocycles. The van der Waals surface area contributed by atoms with Crippen LogP contribution in [0, 0.1) is 0 Å². The summed E-state index contributed by atoms with van der Waals surface area (Å²) in [5.74, 6) is -0.297. The summed E-state index contributed by atoms with van der Waals surface area (Å²) in [6.45, 7) is 6.00. The molecule has 0 bridgehead atoms. The molecular formula is C22H27N2O5+. The zero-order valence-corrected chi connectivity index (χ0v) is 16.8. The summed E-state index contributed by atoms with van der Waals surface area (Å²) in [4.78, 5) is 26.1. The number of benzene rings is 2. The van der Waals surface area contributed by atoms with Gasteiger partial charge in [-0.1, -0.05) is 18.2 Å². The first-order chi connectivity index (χ1) is 14.0. The molecule has 2 aromatic carbocycles. The Kier molecular flexibility index (Phi) is 7.21. The van der Waals surface area contributed by atoms with Crippen LogP contribution in [0.15, 0.2) is 48.5 Å². The third-order valence-electron chi connectivity index (χ3n) is 4.83. The Bertz CT molecular complexity index is 831. The molecule has 1 atom stereocenters. The number of nitrogens with one attached hydrogen (secondary N) is 2. The predicted octanol–water partition coefficient (Wildman–Crippen LogP) is 1.29. The highest BCUT2D eigenvalue weighted by molar-refractivity contribution is 5.97. The summed E-state index contributed by atoms with van der Waals surface area (Å²) in [5.41, 5.74) is 2.15. The van der Waals surface area contributed by atoms with Gasteiger partial charge in [-0.2, -0.15) is 0 Å². The zero-order valence-electron chi connectivity index (χ0n) is 16.8. The summed E-state index contributed by atoms with van der Waals surface area (Å²) < 4.78 is 15.8. The van der Waals surface area contributed by atoms with E-state index in [9.17, 15) is 9.59 Å². The van der Waals surface area contributed by atoms with E-state index in [1.165, 1.54) is 4.90 Å². The standard InChI is InChI=1S/C22H26N2O5/c1-16(21(25)23-19-4-3-5-20(14-19)27-2)29-22(26)18-8-6-17(7-9-18)15-24-10-12-28-13-11-24/h3-9,14,16H,10-13,15H2,1-2H3,(H,23,25)/p+1/t16-/m0/s1. The Hall–Kier alpha value is -2.90. The highest BCUT2D eigenvalue weighted by Crippen LogP contribution is 2.17. The van der Waals surface area contributed by atoms with Crippen LogP contribution in [0.4, 0.5) is 5.69 Å². The maximum absolute atomic E-state index is 12.4. The fraction of sp³-hybridized carbons (Fsp3) is 0.364. The Morgan fingerprint density at radius 2 is 1.86 bits per heavy atom. The van der Waals surface area contributed by atoms with Crippen molar-refractivity contribution in [3.05, 3.63) is 59.7 Å². The van der Waals surface area contributed by atoms with E-state index < -0.39 is 18.0 Å². The van der Waals surface area contributed by atoms with E-state index >= 15 is 0 Å². The van der Waals surface area contributed by atoms with E-state index in [1.54, 1.807) is 50.4 Å². The van der Waals surface area contributed by atoms with Gasteiger partial charge >= 0.3 is 5.97 Å². The van der Waals surface area contributed by atoms with Crippen LogP contribution in [-0.4, -0.2) is 51.4 Å². The number of rotatable bonds is 7. The van der Waals surface area contributed by atoms with Crippen LogP contribution in [0.2, 0.25) is 0 Å². The third-order valence-corrected chi connectivity index (χ3v) is 4.83. The number of anilines is 1. The Morgan fingerprint density at radius 3 is 2.55 bits per heavy atom. The molecule has 2 N–H and O–H groups in total. The molecule has 1 amide bonds. The van der Waals surface area contributed by atoms with E-state index in [2.05, 4.69) is 5.32 Å². The molecule has 1 aliphatic heterocycles. The van der Waals surface area contributed by atoms with E-state index in [0.29, 0.717) is 17.0 Å². The van der Waals surface area contributed by atoms with Gasteiger partial charge in [-0.3, -0.25) is 4.79 Å². The summed E-state index contributed by atoms with van der Waals surface area (Å²) in [6.07, 6.45) is -0.925. The van der Waals surface area contributed by atoms with Gasteiger partial charge in [0.1, 0.15) is 25.4 Å². The summed E-state index contributed by atoms with van der Waals surface area (Å²) >= 11 is 0. The van der Waals surface area contributed by atoms with Gasteiger partial charge in [-0.15, -0.1) is 0 Å². The van der Waals surface area contributed by atoms with Crippen molar-refractivity contribution in [1.29, 1.82) is 0 Å². The number of methoxy groups -OCH3 is 1. The maximum atomic E-state index is 12.4. The smallest absolute Gasteiger partial charge is 0.338 e. The van der Waals surface area contributed by atoms with Crippen molar-refractivity contribution in [2.24, 2.45) is 0 Å². The van der Waals surface area contributed by atoms with Crippen LogP contribution < -0.4 is 15.0 Å². The molecule has 0 unspecified atom stereocenters. The molecule has 0 aliphatic carbocycles. The van der Waals surface area contributed by atoms with Crippen LogP contribution in [0.5, 0.6) is 5.75 Å². The van der Waals surface area contributed by atoms with E-state index in [4.69, 9.17) is 14.2 Å². The second kappa shape index (κ2) is 10.0. The zero-order chi connectivity index (χ0) is 20.6. The van der Waals surface area contributed by atoms with Crippen molar-refractivity contribution in [2.45, 2.75) is 19.6 Å². The second-order valence-electron chi connectivity index (χ2n) is 7.00. The molecule has 2 aromatic rings. The molecular weight excluding hydrogens is 372 g/mol. The molecule has 1 heterocycles. The Labute approximate surface area is 170 Å². The highest BCUT2D eigenvalue weighted by atomic mass is 16.5. The highest BCUT2D eigenvalue weighted by Gasteiger charge is 2.20. The van der Waals surface area contributed by atoms with Crippen molar-refractivity contribution in [3.8, 4) is 5.75 Å². The SMILES string of the molecule is COc1cccc(NC(=O)[C@H](C)OC(=O)c2ccc(C[NH+]3CCOCC3)cc2)c1. The van der Waals surface area contributed by atoms with Gasteiger partial charge in [0.2, 0.25) is 0 Å². The Morgan fingerprint density at radius 1 is 1.14 bits per heavy atom. The van der Waals surface area contributed by atoms with Crippen molar-refractivity contribution >= 4 is 17.6 Å². The first kappa shape index (κ1) is 20.8. The molecule has 7 heteroatoms. The number of esters is 1. The van der Waals surface area contributed by atoms with E-state index in [-0.39, 0.29) is 0 Å². The van der Waals surface area contributed by atoms with Crippen LogP contribution in [-0.2, 0) is 20.8 Å².